The van der Waals surface area contributed by atoms with Gasteiger partial charge in [-0.2, -0.15) is 5.10 Å². The van der Waals surface area contributed by atoms with Gasteiger partial charge in [-0.15, -0.1) is 0 Å². The molecule has 1 fully saturated rings. The molecule has 0 spiro atoms. The molecule has 0 radical (unpaired) electrons. The molecule has 1 amide bonds. The van der Waals surface area contributed by atoms with Crippen LogP contribution in [0.4, 0.5) is 5.82 Å². The van der Waals surface area contributed by atoms with Gasteiger partial charge in [-0.3, -0.25) is 4.79 Å². The minimum atomic E-state index is -0.354. The standard InChI is InChI=1S/C21H26N8O2/c1-12(2)29-21(24-11-25-29)15-10-27-6-7-31-16-8-17(23-9-14(16)20(27)26-15)28-5-4-13(3)18(28)19(22)30/h8-13,18H,4-7H2,1-3H3,(H2,22,30)/t13-,18-/m0/s1. The van der Waals surface area contributed by atoms with Crippen molar-refractivity contribution in [3.8, 4) is 28.7 Å². The molecule has 2 aliphatic heterocycles. The van der Waals surface area contributed by atoms with Gasteiger partial charge in [0.1, 0.15) is 42.1 Å². The van der Waals surface area contributed by atoms with Crippen molar-refractivity contribution in [3.05, 3.63) is 24.8 Å². The average molecular weight is 422 g/mol. The first kappa shape index (κ1) is 19.5. The largest absolute Gasteiger partial charge is 0.491 e. The van der Waals surface area contributed by atoms with Crippen molar-refractivity contribution in [1.29, 1.82) is 0 Å². The molecule has 2 aliphatic rings. The van der Waals surface area contributed by atoms with E-state index >= 15 is 0 Å². The molecule has 0 bridgehead atoms. The highest BCUT2D eigenvalue weighted by Gasteiger charge is 2.36. The van der Waals surface area contributed by atoms with E-state index in [1.165, 1.54) is 0 Å². The molecule has 5 heterocycles. The zero-order valence-corrected chi connectivity index (χ0v) is 17.9. The Hall–Kier alpha value is -3.43. The molecule has 10 heteroatoms. The number of primary amides is 1. The highest BCUT2D eigenvalue weighted by atomic mass is 16.5. The van der Waals surface area contributed by atoms with Crippen LogP contribution in [0.5, 0.6) is 5.75 Å². The van der Waals surface area contributed by atoms with Crippen molar-refractivity contribution >= 4 is 11.7 Å². The summed E-state index contributed by atoms with van der Waals surface area (Å²) in [7, 11) is 0. The van der Waals surface area contributed by atoms with Crippen LogP contribution in [0.1, 0.15) is 33.2 Å². The summed E-state index contributed by atoms with van der Waals surface area (Å²) in [5.74, 6) is 2.79. The third-order valence-electron chi connectivity index (χ3n) is 6.04. The van der Waals surface area contributed by atoms with E-state index in [0.717, 1.165) is 35.9 Å². The third kappa shape index (κ3) is 3.22. The lowest BCUT2D eigenvalue weighted by molar-refractivity contribution is -0.119. The SMILES string of the molecule is CC(C)n1ncnc1-c1cn2c(n1)-c1cnc(N3CC[C@H](C)[C@H]3C(N)=O)cc1OCC2. The maximum absolute atomic E-state index is 12.0. The normalized spacial score (nSPS) is 20.3. The molecule has 3 aromatic heterocycles. The van der Waals surface area contributed by atoms with Gasteiger partial charge in [0.05, 0.1) is 12.1 Å². The Balaban J connectivity index is 1.54. The Labute approximate surface area is 180 Å². The van der Waals surface area contributed by atoms with Gasteiger partial charge >= 0.3 is 0 Å². The smallest absolute Gasteiger partial charge is 0.240 e. The zero-order valence-electron chi connectivity index (χ0n) is 17.9. The predicted octanol–water partition coefficient (Wildman–Crippen LogP) is 1.88. The van der Waals surface area contributed by atoms with Gasteiger partial charge in [-0.1, -0.05) is 6.92 Å². The van der Waals surface area contributed by atoms with Gasteiger partial charge in [0.15, 0.2) is 5.82 Å². The fraction of sp³-hybridized carbons (Fsp3) is 0.476. The van der Waals surface area contributed by atoms with Crippen LogP contribution in [0.2, 0.25) is 0 Å². The van der Waals surface area contributed by atoms with Gasteiger partial charge in [-0.25, -0.2) is 19.6 Å². The summed E-state index contributed by atoms with van der Waals surface area (Å²) < 4.78 is 9.95. The molecular weight excluding hydrogens is 396 g/mol. The van der Waals surface area contributed by atoms with Crippen molar-refractivity contribution in [2.75, 3.05) is 18.1 Å². The van der Waals surface area contributed by atoms with E-state index in [-0.39, 0.29) is 23.9 Å². The number of imidazole rings is 1. The first-order valence-corrected chi connectivity index (χ1v) is 10.6. The van der Waals surface area contributed by atoms with E-state index in [0.29, 0.717) is 24.7 Å². The van der Waals surface area contributed by atoms with Crippen LogP contribution in [0.25, 0.3) is 22.9 Å². The van der Waals surface area contributed by atoms with Crippen LogP contribution < -0.4 is 15.4 Å². The number of pyridine rings is 1. The Morgan fingerprint density at radius 1 is 1.26 bits per heavy atom. The number of anilines is 1. The van der Waals surface area contributed by atoms with E-state index < -0.39 is 0 Å². The number of fused-ring (bicyclic) bond motifs is 3. The van der Waals surface area contributed by atoms with Crippen LogP contribution in [0.3, 0.4) is 0 Å². The number of nitrogens with zero attached hydrogens (tertiary/aromatic N) is 7. The second kappa shape index (κ2) is 7.36. The van der Waals surface area contributed by atoms with Crippen LogP contribution in [-0.4, -0.2) is 54.4 Å². The molecule has 0 saturated carbocycles. The highest BCUT2D eigenvalue weighted by Crippen LogP contribution is 2.37. The number of amides is 1. The molecule has 3 aromatic rings. The average Bonchev–Trinajstić information content (AvgIpc) is 3.44. The van der Waals surface area contributed by atoms with Crippen LogP contribution in [0, 0.1) is 5.92 Å². The van der Waals surface area contributed by atoms with Crippen molar-refractivity contribution in [2.45, 2.75) is 45.8 Å². The topological polar surface area (TPSA) is 117 Å². The van der Waals surface area contributed by atoms with Crippen molar-refractivity contribution < 1.29 is 9.53 Å². The Kier molecular flexibility index (Phi) is 4.64. The molecule has 10 nitrogen and oxygen atoms in total. The van der Waals surface area contributed by atoms with Gasteiger partial charge in [0.25, 0.3) is 0 Å². The molecule has 0 aromatic carbocycles. The first-order valence-electron chi connectivity index (χ1n) is 10.6. The fourth-order valence-corrected chi connectivity index (χ4v) is 4.48. The van der Waals surface area contributed by atoms with E-state index in [1.54, 1.807) is 12.5 Å². The maximum Gasteiger partial charge on any atom is 0.240 e. The Morgan fingerprint density at radius 2 is 2.10 bits per heavy atom. The van der Waals surface area contributed by atoms with Crippen LogP contribution in [0.15, 0.2) is 24.8 Å². The lowest BCUT2D eigenvalue weighted by Crippen LogP contribution is -2.43. The van der Waals surface area contributed by atoms with Crippen molar-refractivity contribution in [2.24, 2.45) is 11.7 Å². The number of nitrogens with two attached hydrogens (primary N) is 1. The third-order valence-corrected chi connectivity index (χ3v) is 6.04. The van der Waals surface area contributed by atoms with Gasteiger partial charge in [0, 0.05) is 31.0 Å². The molecule has 0 aliphatic carbocycles. The second-order valence-electron chi connectivity index (χ2n) is 8.46. The van der Waals surface area contributed by atoms with E-state index in [2.05, 4.69) is 33.5 Å². The molecule has 1 saturated heterocycles. The molecule has 31 heavy (non-hydrogen) atoms. The summed E-state index contributed by atoms with van der Waals surface area (Å²) in [5, 5.41) is 4.32. The van der Waals surface area contributed by atoms with Crippen molar-refractivity contribution in [1.82, 2.24) is 29.3 Å². The number of hydrogen-bond acceptors (Lipinski definition) is 7. The quantitative estimate of drug-likeness (QED) is 0.682. The lowest BCUT2D eigenvalue weighted by atomic mass is 10.0. The monoisotopic (exact) mass is 422 g/mol. The van der Waals surface area contributed by atoms with Crippen LogP contribution >= 0.6 is 0 Å². The minimum Gasteiger partial charge on any atom is -0.491 e. The number of rotatable bonds is 4. The van der Waals surface area contributed by atoms with E-state index in [9.17, 15) is 4.79 Å². The fourth-order valence-electron chi connectivity index (χ4n) is 4.48. The first-order chi connectivity index (χ1) is 14.9. The second-order valence-corrected chi connectivity index (χ2v) is 8.46. The Morgan fingerprint density at radius 3 is 2.87 bits per heavy atom. The summed E-state index contributed by atoms with van der Waals surface area (Å²) >= 11 is 0. The van der Waals surface area contributed by atoms with Gasteiger partial charge in [-0.05, 0) is 26.2 Å². The molecule has 2 atom stereocenters. The Bertz CT molecular complexity index is 1130. The van der Waals surface area contributed by atoms with E-state index in [4.69, 9.17) is 15.5 Å². The summed E-state index contributed by atoms with van der Waals surface area (Å²) in [5.41, 5.74) is 7.23. The highest BCUT2D eigenvalue weighted by molar-refractivity contribution is 5.84. The van der Waals surface area contributed by atoms with E-state index in [1.807, 2.05) is 28.8 Å². The molecule has 162 valence electrons. The maximum atomic E-state index is 12.0. The molecule has 0 unspecified atom stereocenters. The summed E-state index contributed by atoms with van der Waals surface area (Å²) in [6.45, 7) is 8.07. The van der Waals surface area contributed by atoms with Gasteiger partial charge < -0.3 is 19.9 Å². The number of hydrogen-bond donors (Lipinski definition) is 1. The minimum absolute atomic E-state index is 0.180. The van der Waals surface area contributed by atoms with Gasteiger partial charge in [0.2, 0.25) is 5.91 Å². The number of aromatic nitrogens is 6. The molecule has 5 rings (SSSR count). The molecule has 2 N–H and O–H groups in total. The van der Waals surface area contributed by atoms with Crippen LogP contribution in [-0.2, 0) is 11.3 Å². The zero-order chi connectivity index (χ0) is 21.7. The predicted molar refractivity (Wildman–Crippen MR) is 114 cm³/mol. The summed E-state index contributed by atoms with van der Waals surface area (Å²) in [6, 6.07) is 1.72. The summed E-state index contributed by atoms with van der Waals surface area (Å²) in [4.78, 5) is 27.9. The lowest BCUT2D eigenvalue weighted by Gasteiger charge is -2.25. The summed E-state index contributed by atoms with van der Waals surface area (Å²) in [6.07, 6.45) is 6.21. The van der Waals surface area contributed by atoms with Crippen molar-refractivity contribution in [3.63, 3.8) is 0 Å². The molecular formula is C21H26N8O2. The number of carbonyl (C=O) groups excluding carboxylic acids is 1. The number of ether oxygens (including phenoxy) is 1. The number of carbonyl (C=O) groups is 1.